The first-order valence-corrected chi connectivity index (χ1v) is 5.18. The van der Waals surface area contributed by atoms with E-state index in [-0.39, 0.29) is 11.9 Å². The molecule has 0 aliphatic rings. The molecule has 0 rings (SSSR count). The van der Waals surface area contributed by atoms with E-state index >= 15 is 0 Å². The molecule has 0 fully saturated rings. The first-order chi connectivity index (χ1) is 6.65. The van der Waals surface area contributed by atoms with Crippen molar-refractivity contribution >= 4 is 5.91 Å². The van der Waals surface area contributed by atoms with Gasteiger partial charge in [-0.05, 0) is 13.3 Å². The predicted octanol–water partition coefficient (Wildman–Crippen LogP) is 0.655. The Morgan fingerprint density at radius 1 is 1.57 bits per heavy atom. The van der Waals surface area contributed by atoms with Crippen LogP contribution in [0.25, 0.3) is 0 Å². The summed E-state index contributed by atoms with van der Waals surface area (Å²) in [6, 6.07) is 0.0834. The highest BCUT2D eigenvalue weighted by Crippen LogP contribution is 2.00. The Morgan fingerprint density at radius 3 is 2.64 bits per heavy atom. The Balaban J connectivity index is 3.85. The molecule has 0 saturated carbocycles. The minimum atomic E-state index is -0.398. The van der Waals surface area contributed by atoms with Gasteiger partial charge < -0.3 is 15.8 Å². The molecule has 3 N–H and O–H groups in total. The number of methoxy groups -OCH3 is 1. The average molecular weight is 202 g/mol. The fourth-order valence-electron chi connectivity index (χ4n) is 1.13. The van der Waals surface area contributed by atoms with Gasteiger partial charge in [-0.1, -0.05) is 19.8 Å². The van der Waals surface area contributed by atoms with Crippen molar-refractivity contribution in [3.8, 4) is 0 Å². The van der Waals surface area contributed by atoms with Gasteiger partial charge in [0.2, 0.25) is 5.91 Å². The fraction of sp³-hybridized carbons (Fsp3) is 0.900. The van der Waals surface area contributed by atoms with Crippen molar-refractivity contribution in [1.29, 1.82) is 0 Å². The number of carbonyl (C=O) groups is 1. The second-order valence-electron chi connectivity index (χ2n) is 3.46. The quantitative estimate of drug-likeness (QED) is 0.637. The molecular weight excluding hydrogens is 180 g/mol. The molecule has 1 amide bonds. The first-order valence-electron chi connectivity index (χ1n) is 5.18. The maximum Gasteiger partial charge on any atom is 0.249 e. The zero-order valence-corrected chi connectivity index (χ0v) is 9.38. The third-order valence-corrected chi connectivity index (χ3v) is 2.26. The summed E-state index contributed by atoms with van der Waals surface area (Å²) in [4.78, 5) is 11.4. The highest BCUT2D eigenvalue weighted by atomic mass is 16.5. The van der Waals surface area contributed by atoms with Crippen LogP contribution in [0.3, 0.4) is 0 Å². The van der Waals surface area contributed by atoms with Gasteiger partial charge in [0.15, 0.2) is 0 Å². The molecule has 0 heterocycles. The number of unbranched alkanes of at least 4 members (excludes halogenated alkanes) is 1. The summed E-state index contributed by atoms with van der Waals surface area (Å²) in [6.45, 7) is 4.33. The second-order valence-corrected chi connectivity index (χ2v) is 3.46. The van der Waals surface area contributed by atoms with Gasteiger partial charge in [-0.15, -0.1) is 0 Å². The number of carbonyl (C=O) groups excluding carboxylic acids is 1. The number of hydrogen-bond donors (Lipinski definition) is 2. The topological polar surface area (TPSA) is 64.3 Å². The molecule has 0 aromatic carbocycles. The zero-order valence-electron chi connectivity index (χ0n) is 9.38. The summed E-state index contributed by atoms with van der Waals surface area (Å²) >= 11 is 0. The lowest BCUT2D eigenvalue weighted by Crippen LogP contribution is -2.44. The number of rotatable bonds is 7. The van der Waals surface area contributed by atoms with Crippen LogP contribution < -0.4 is 11.1 Å². The summed E-state index contributed by atoms with van der Waals surface area (Å²) in [5.74, 6) is -0.0842. The minimum absolute atomic E-state index is 0.0834. The van der Waals surface area contributed by atoms with Crippen LogP contribution in [0.15, 0.2) is 0 Å². The van der Waals surface area contributed by atoms with Crippen LogP contribution in [-0.2, 0) is 9.53 Å². The standard InChI is InChI=1S/C10H22N2O2/c1-4-5-6-9(7-11)12-10(13)8(2)14-3/h8-9H,4-7,11H2,1-3H3,(H,12,13). The molecule has 4 heteroatoms. The monoisotopic (exact) mass is 202 g/mol. The summed E-state index contributed by atoms with van der Waals surface area (Å²) in [5, 5.41) is 2.86. The molecule has 4 nitrogen and oxygen atoms in total. The van der Waals surface area contributed by atoms with E-state index in [1.54, 1.807) is 6.92 Å². The second kappa shape index (κ2) is 7.76. The Morgan fingerprint density at radius 2 is 2.21 bits per heavy atom. The third kappa shape index (κ3) is 5.19. The lowest BCUT2D eigenvalue weighted by atomic mass is 10.1. The number of nitrogens with two attached hydrogens (primary N) is 1. The first kappa shape index (κ1) is 13.4. The van der Waals surface area contributed by atoms with Crippen LogP contribution >= 0.6 is 0 Å². The molecule has 0 aromatic rings. The van der Waals surface area contributed by atoms with Gasteiger partial charge >= 0.3 is 0 Å². The summed E-state index contributed by atoms with van der Waals surface area (Å²) in [6.07, 6.45) is 2.75. The van der Waals surface area contributed by atoms with Crippen molar-refractivity contribution in [3.05, 3.63) is 0 Å². The van der Waals surface area contributed by atoms with Crippen LogP contribution in [-0.4, -0.2) is 31.7 Å². The van der Waals surface area contributed by atoms with Crippen molar-refractivity contribution in [2.24, 2.45) is 5.73 Å². The van der Waals surface area contributed by atoms with Crippen molar-refractivity contribution in [2.45, 2.75) is 45.3 Å². The van der Waals surface area contributed by atoms with E-state index in [9.17, 15) is 4.79 Å². The highest BCUT2D eigenvalue weighted by molar-refractivity contribution is 5.80. The van der Waals surface area contributed by atoms with Crippen LogP contribution in [0.1, 0.15) is 33.1 Å². The lowest BCUT2D eigenvalue weighted by Gasteiger charge is -2.18. The summed E-state index contributed by atoms with van der Waals surface area (Å²) in [5.41, 5.74) is 5.55. The fourth-order valence-corrected chi connectivity index (χ4v) is 1.13. The Hall–Kier alpha value is -0.610. The Labute approximate surface area is 86.2 Å². The van der Waals surface area contributed by atoms with E-state index in [0.717, 1.165) is 19.3 Å². The molecule has 2 unspecified atom stereocenters. The molecule has 84 valence electrons. The van der Waals surface area contributed by atoms with E-state index in [4.69, 9.17) is 10.5 Å². The molecule has 0 saturated heterocycles. The van der Waals surface area contributed by atoms with Crippen molar-refractivity contribution in [1.82, 2.24) is 5.32 Å². The van der Waals surface area contributed by atoms with Crippen LogP contribution in [0.4, 0.5) is 0 Å². The van der Waals surface area contributed by atoms with Gasteiger partial charge in [0.05, 0.1) is 0 Å². The maximum absolute atomic E-state index is 11.4. The van der Waals surface area contributed by atoms with Gasteiger partial charge in [-0.3, -0.25) is 4.79 Å². The van der Waals surface area contributed by atoms with Gasteiger partial charge in [0, 0.05) is 19.7 Å². The predicted molar refractivity (Wildman–Crippen MR) is 57.0 cm³/mol. The Kier molecular flexibility index (Phi) is 7.42. The molecule has 0 aliphatic carbocycles. The molecule has 0 aliphatic heterocycles. The molecule has 0 bridgehead atoms. The third-order valence-electron chi connectivity index (χ3n) is 2.26. The van der Waals surface area contributed by atoms with Gasteiger partial charge in [0.25, 0.3) is 0 Å². The van der Waals surface area contributed by atoms with E-state index in [1.165, 1.54) is 7.11 Å². The van der Waals surface area contributed by atoms with E-state index < -0.39 is 6.10 Å². The van der Waals surface area contributed by atoms with Crippen molar-refractivity contribution < 1.29 is 9.53 Å². The molecule has 0 aromatic heterocycles. The van der Waals surface area contributed by atoms with Crippen LogP contribution in [0, 0.1) is 0 Å². The van der Waals surface area contributed by atoms with E-state index in [1.807, 2.05) is 0 Å². The lowest BCUT2D eigenvalue weighted by molar-refractivity contribution is -0.130. The number of nitrogens with one attached hydrogen (secondary N) is 1. The summed E-state index contributed by atoms with van der Waals surface area (Å²) in [7, 11) is 1.52. The Bertz CT molecular complexity index is 162. The van der Waals surface area contributed by atoms with Crippen molar-refractivity contribution in [2.75, 3.05) is 13.7 Å². The van der Waals surface area contributed by atoms with Gasteiger partial charge in [-0.25, -0.2) is 0 Å². The molecular formula is C10H22N2O2. The normalized spacial score (nSPS) is 14.9. The highest BCUT2D eigenvalue weighted by Gasteiger charge is 2.15. The SMILES string of the molecule is CCCCC(CN)NC(=O)C(C)OC. The van der Waals surface area contributed by atoms with Crippen LogP contribution in [0.5, 0.6) is 0 Å². The minimum Gasteiger partial charge on any atom is -0.372 e. The van der Waals surface area contributed by atoms with Crippen molar-refractivity contribution in [3.63, 3.8) is 0 Å². The van der Waals surface area contributed by atoms with E-state index in [2.05, 4.69) is 12.2 Å². The molecule has 0 spiro atoms. The zero-order chi connectivity index (χ0) is 11.0. The van der Waals surface area contributed by atoms with Crippen LogP contribution in [0.2, 0.25) is 0 Å². The van der Waals surface area contributed by atoms with Gasteiger partial charge in [-0.2, -0.15) is 0 Å². The smallest absolute Gasteiger partial charge is 0.249 e. The van der Waals surface area contributed by atoms with E-state index in [0.29, 0.717) is 6.54 Å². The average Bonchev–Trinajstić information content (AvgIpc) is 2.22. The maximum atomic E-state index is 11.4. The number of hydrogen-bond acceptors (Lipinski definition) is 3. The molecule has 2 atom stereocenters. The van der Waals surface area contributed by atoms with Gasteiger partial charge in [0.1, 0.15) is 6.10 Å². The molecule has 14 heavy (non-hydrogen) atoms. The molecule has 0 radical (unpaired) electrons. The number of ether oxygens (including phenoxy) is 1. The number of amides is 1. The largest absolute Gasteiger partial charge is 0.372 e. The summed E-state index contributed by atoms with van der Waals surface area (Å²) < 4.78 is 4.91.